The number of nitrogens with one attached hydrogen (secondary N) is 2. The fourth-order valence-corrected chi connectivity index (χ4v) is 4.09. The van der Waals surface area contributed by atoms with E-state index in [4.69, 9.17) is 5.11 Å². The summed E-state index contributed by atoms with van der Waals surface area (Å²) in [5.74, 6) is 1.11. The van der Waals surface area contributed by atoms with Crippen molar-refractivity contribution in [3.8, 4) is 10.4 Å². The molecule has 2 aromatic heterocycles. The van der Waals surface area contributed by atoms with E-state index in [1.54, 1.807) is 48.7 Å². The molecule has 0 aliphatic heterocycles. The number of rotatable bonds is 10. The van der Waals surface area contributed by atoms with Crippen LogP contribution in [0.5, 0.6) is 0 Å². The Morgan fingerprint density at radius 2 is 2.06 bits per heavy atom. The summed E-state index contributed by atoms with van der Waals surface area (Å²) >= 11 is 1.60. The molecule has 32 heavy (non-hydrogen) atoms. The van der Waals surface area contributed by atoms with Crippen molar-refractivity contribution in [2.24, 2.45) is 4.36 Å². The number of anilines is 3. The van der Waals surface area contributed by atoms with Crippen molar-refractivity contribution in [2.75, 3.05) is 30.4 Å². The normalized spacial score (nSPS) is 11.8. The lowest BCUT2D eigenvalue weighted by Crippen LogP contribution is -2.08. The molecule has 0 aliphatic carbocycles. The minimum absolute atomic E-state index is 0.157. The average molecular weight is 475 g/mol. The molecule has 170 valence electrons. The maximum Gasteiger partial charge on any atom is 0.410 e. The van der Waals surface area contributed by atoms with Crippen LogP contribution in [0.2, 0.25) is 0 Å². The summed E-state index contributed by atoms with van der Waals surface area (Å²) in [6.45, 7) is 2.66. The Morgan fingerprint density at radius 3 is 2.75 bits per heavy atom. The Labute approximate surface area is 192 Å². The van der Waals surface area contributed by atoms with E-state index in [-0.39, 0.29) is 13.2 Å². The van der Waals surface area contributed by atoms with Gasteiger partial charge in [0.25, 0.3) is 0 Å². The van der Waals surface area contributed by atoms with E-state index in [2.05, 4.69) is 29.7 Å². The van der Waals surface area contributed by atoms with Gasteiger partial charge in [-0.05, 0) is 43.3 Å². The zero-order valence-electron chi connectivity index (χ0n) is 17.5. The number of nitrogens with zero attached hydrogens (tertiary/aromatic N) is 3. The first-order chi connectivity index (χ1) is 15.6. The number of benzene rings is 1. The van der Waals surface area contributed by atoms with E-state index in [1.165, 1.54) is 0 Å². The molecule has 3 N–H and O–H groups in total. The summed E-state index contributed by atoms with van der Waals surface area (Å²) in [4.78, 5) is 21.8. The number of aliphatic hydroxyl groups is 1. The highest BCUT2D eigenvalue weighted by Crippen LogP contribution is 2.31. The van der Waals surface area contributed by atoms with Crippen molar-refractivity contribution < 1.29 is 18.8 Å². The number of aliphatic hydroxyl groups excluding tert-OH is 1. The first-order valence-corrected chi connectivity index (χ1v) is 12.0. The van der Waals surface area contributed by atoms with Crippen LogP contribution in [0.25, 0.3) is 10.4 Å². The van der Waals surface area contributed by atoms with Gasteiger partial charge in [-0.3, -0.25) is 4.36 Å². The molecule has 0 aliphatic rings. The fourth-order valence-electron chi connectivity index (χ4n) is 2.69. The van der Waals surface area contributed by atoms with Crippen molar-refractivity contribution >= 4 is 45.5 Å². The zero-order chi connectivity index (χ0) is 22.8. The van der Waals surface area contributed by atoms with Gasteiger partial charge in [-0.1, -0.05) is 23.1 Å². The van der Waals surface area contributed by atoms with E-state index >= 15 is 0 Å². The van der Waals surface area contributed by atoms with Gasteiger partial charge in [-0.25, -0.2) is 9.78 Å². The molecule has 0 fully saturated rings. The van der Waals surface area contributed by atoms with Crippen LogP contribution in [0.3, 0.4) is 0 Å². The number of thiophene rings is 1. The Kier molecular flexibility index (Phi) is 8.96. The third-order valence-corrected chi connectivity index (χ3v) is 6.08. The molecular formula is C21H24N5O4S2-. The Morgan fingerprint density at radius 1 is 1.25 bits per heavy atom. The van der Waals surface area contributed by atoms with E-state index in [1.807, 2.05) is 17.5 Å². The highest BCUT2D eigenvalue weighted by Gasteiger charge is 2.10. The smallest absolute Gasteiger partial charge is 0.410 e. The van der Waals surface area contributed by atoms with Crippen LogP contribution in [0, 0.1) is 0 Å². The molecular weight excluding hydrogens is 450 g/mol. The van der Waals surface area contributed by atoms with Gasteiger partial charge in [0.2, 0.25) is 5.95 Å². The summed E-state index contributed by atoms with van der Waals surface area (Å²) in [5, 5.41) is 17.4. The lowest BCUT2D eigenvalue weighted by molar-refractivity contribution is 0.164. The zero-order valence-corrected chi connectivity index (χ0v) is 19.1. The van der Waals surface area contributed by atoms with Gasteiger partial charge in [-0.15, -0.1) is 21.9 Å². The van der Waals surface area contributed by atoms with E-state index < -0.39 is 16.7 Å². The van der Waals surface area contributed by atoms with Gasteiger partial charge in [-0.2, -0.15) is 4.98 Å². The first kappa shape index (κ1) is 23.6. The molecule has 0 saturated carbocycles. The molecule has 0 spiro atoms. The van der Waals surface area contributed by atoms with Gasteiger partial charge in [0.05, 0.1) is 12.2 Å². The third kappa shape index (κ3) is 6.74. The second-order valence-electron chi connectivity index (χ2n) is 6.48. The minimum Gasteiger partial charge on any atom is -0.450 e. The molecule has 1 aromatic carbocycles. The van der Waals surface area contributed by atoms with Crippen molar-refractivity contribution in [2.45, 2.75) is 24.7 Å². The van der Waals surface area contributed by atoms with Crippen LogP contribution >= 0.6 is 11.3 Å². The number of unbranched alkanes of at least 4 members (excludes halogenated alkanes) is 1. The predicted octanol–water partition coefficient (Wildman–Crippen LogP) is 4.80. The monoisotopic (exact) mass is 474 g/mol. The molecule has 2 heterocycles. The van der Waals surface area contributed by atoms with Crippen LogP contribution in [0.1, 0.15) is 19.8 Å². The SMILES string of the molecule is CCOC(=O)N=[S-](=O)c1ccc(Nc2ncc(-c3cccs3)c(NCCCCO)n2)cc1. The summed E-state index contributed by atoms with van der Waals surface area (Å²) in [5.41, 5.74) is 1.60. The topological polar surface area (TPSA) is 126 Å². The van der Waals surface area contributed by atoms with Crippen LogP contribution in [-0.2, 0) is 19.5 Å². The predicted molar refractivity (Wildman–Crippen MR) is 126 cm³/mol. The van der Waals surface area contributed by atoms with Crippen molar-refractivity contribution in [1.29, 1.82) is 0 Å². The minimum atomic E-state index is -1.83. The maximum atomic E-state index is 12.1. The summed E-state index contributed by atoms with van der Waals surface area (Å²) in [6.07, 6.45) is 2.44. The standard InChI is InChI=1S/C21H24N5O4S2/c1-2-30-21(28)26-32(29)16-9-7-15(8-10-16)24-20-23-14-17(18-6-5-13-31-18)19(25-20)22-11-3-4-12-27/h5-10,13-14,27H,2-4,11-12H2,1H3,(H2,22,23,24,25)/q-1. The Bertz CT molecular complexity index is 1100. The molecule has 11 heteroatoms. The van der Waals surface area contributed by atoms with E-state index in [9.17, 15) is 9.00 Å². The van der Waals surface area contributed by atoms with Crippen molar-refractivity contribution in [3.63, 3.8) is 0 Å². The molecule has 3 aromatic rings. The highest BCUT2D eigenvalue weighted by atomic mass is 32.2. The summed E-state index contributed by atoms with van der Waals surface area (Å²) in [7, 11) is -1.83. The number of ether oxygens (including phenoxy) is 1. The third-order valence-electron chi connectivity index (χ3n) is 4.19. The number of carbonyl (C=O) groups is 1. The largest absolute Gasteiger partial charge is 0.450 e. The number of hydrogen-bond acceptors (Lipinski definition) is 10. The first-order valence-electron chi connectivity index (χ1n) is 10.0. The summed E-state index contributed by atoms with van der Waals surface area (Å²) in [6, 6.07) is 10.6. The van der Waals surface area contributed by atoms with E-state index in [0.29, 0.717) is 35.3 Å². The quantitative estimate of drug-likeness (QED) is 0.283. The van der Waals surface area contributed by atoms with Gasteiger partial charge in [0, 0.05) is 29.9 Å². The lowest BCUT2D eigenvalue weighted by Gasteiger charge is -2.13. The fraction of sp³-hybridized carbons (Fsp3) is 0.286. The lowest BCUT2D eigenvalue weighted by atomic mass is 10.2. The second-order valence-corrected chi connectivity index (χ2v) is 8.58. The van der Waals surface area contributed by atoms with E-state index in [0.717, 1.165) is 16.9 Å². The van der Waals surface area contributed by atoms with Crippen molar-refractivity contribution in [3.05, 3.63) is 48.0 Å². The van der Waals surface area contributed by atoms with Gasteiger partial charge in [0.1, 0.15) is 5.82 Å². The molecule has 0 unspecified atom stereocenters. The molecule has 0 bridgehead atoms. The van der Waals surface area contributed by atoms with Crippen LogP contribution in [0.4, 0.5) is 22.2 Å². The second kappa shape index (κ2) is 12.1. The number of aromatic nitrogens is 2. The van der Waals surface area contributed by atoms with Gasteiger partial charge < -0.3 is 24.7 Å². The molecule has 9 nitrogen and oxygen atoms in total. The number of carbonyl (C=O) groups excluding carboxylic acids is 1. The Hall–Kier alpha value is -3.02. The molecule has 3 rings (SSSR count). The molecule has 0 atom stereocenters. The number of hydrogen-bond donors (Lipinski definition) is 3. The molecule has 1 amide bonds. The molecule has 0 radical (unpaired) electrons. The van der Waals surface area contributed by atoms with Crippen molar-refractivity contribution in [1.82, 2.24) is 9.97 Å². The maximum absolute atomic E-state index is 12.1. The van der Waals surface area contributed by atoms with Gasteiger partial charge in [0.15, 0.2) is 0 Å². The highest BCUT2D eigenvalue weighted by molar-refractivity contribution is 7.75. The van der Waals surface area contributed by atoms with Crippen LogP contribution in [0.15, 0.2) is 57.2 Å². The van der Waals surface area contributed by atoms with Crippen LogP contribution < -0.4 is 10.6 Å². The number of amides is 1. The summed E-state index contributed by atoms with van der Waals surface area (Å²) < 4.78 is 20.3. The molecule has 0 saturated heterocycles. The van der Waals surface area contributed by atoms with Crippen LogP contribution in [-0.4, -0.2) is 40.9 Å². The van der Waals surface area contributed by atoms with Gasteiger partial charge >= 0.3 is 6.09 Å². The average Bonchev–Trinajstić information content (AvgIpc) is 3.32. The Balaban J connectivity index is 1.75.